The van der Waals surface area contributed by atoms with Crippen LogP contribution in [0.2, 0.25) is 0 Å². The van der Waals surface area contributed by atoms with Gasteiger partial charge in [-0.15, -0.1) is 0 Å². The van der Waals surface area contributed by atoms with Crippen LogP contribution in [0.4, 0.5) is 9.52 Å². The minimum Gasteiger partial charge on any atom is -0.273 e. The number of hydrogen-bond acceptors (Lipinski definition) is 4. The van der Waals surface area contributed by atoms with Gasteiger partial charge in [0.25, 0.3) is 0 Å². The maximum Gasteiger partial charge on any atom is 0.246 e. The minimum atomic E-state index is -0.329. The van der Waals surface area contributed by atoms with Crippen molar-refractivity contribution in [3.8, 4) is 0 Å². The van der Waals surface area contributed by atoms with Gasteiger partial charge in [-0.25, -0.2) is 9.37 Å². The maximum atomic E-state index is 13.2. The number of amides is 1. The summed E-state index contributed by atoms with van der Waals surface area (Å²) in [7, 11) is 0. The second-order valence-electron chi connectivity index (χ2n) is 4.59. The first-order chi connectivity index (χ1) is 10.6. The molecule has 0 spiro atoms. The molecule has 0 N–H and O–H groups in total. The average molecular weight is 313 g/mol. The van der Waals surface area contributed by atoms with Gasteiger partial charge in [-0.1, -0.05) is 41.7 Å². The van der Waals surface area contributed by atoms with Crippen LogP contribution in [0.3, 0.4) is 0 Å². The molecule has 0 saturated carbocycles. The smallest absolute Gasteiger partial charge is 0.246 e. The number of fused-ring (bicyclic) bond motifs is 1. The fourth-order valence-electron chi connectivity index (χ4n) is 1.91. The summed E-state index contributed by atoms with van der Waals surface area (Å²) in [5.74, 6) is -0.587. The molecule has 0 aliphatic heterocycles. The lowest BCUT2D eigenvalue weighted by molar-refractivity contribution is -0.116. The largest absolute Gasteiger partial charge is 0.273 e. The van der Waals surface area contributed by atoms with Gasteiger partial charge in [-0.05, 0) is 23.8 Å². The van der Waals surface area contributed by atoms with Gasteiger partial charge in [0.1, 0.15) is 5.82 Å². The van der Waals surface area contributed by atoms with Crippen molar-refractivity contribution in [2.75, 3.05) is 5.01 Å². The molecule has 0 saturated heterocycles. The maximum absolute atomic E-state index is 13.2. The van der Waals surface area contributed by atoms with E-state index in [-0.39, 0.29) is 11.7 Å². The molecule has 0 unspecified atom stereocenters. The molecule has 22 heavy (non-hydrogen) atoms. The molecule has 0 radical (unpaired) electrons. The van der Waals surface area contributed by atoms with Gasteiger partial charge in [-0.3, -0.25) is 4.79 Å². The van der Waals surface area contributed by atoms with Crippen molar-refractivity contribution in [1.29, 1.82) is 0 Å². The summed E-state index contributed by atoms with van der Waals surface area (Å²) in [5, 5.41) is 5.83. The van der Waals surface area contributed by atoms with E-state index in [0.29, 0.717) is 15.3 Å². The van der Waals surface area contributed by atoms with E-state index in [1.165, 1.54) is 35.4 Å². The van der Waals surface area contributed by atoms with E-state index < -0.39 is 0 Å². The lowest BCUT2D eigenvalue weighted by Gasteiger charge is -2.10. The molecule has 2 aromatic carbocycles. The zero-order valence-electron chi connectivity index (χ0n) is 11.7. The third-order valence-electron chi connectivity index (χ3n) is 2.94. The predicted molar refractivity (Wildman–Crippen MR) is 86.8 cm³/mol. The molecule has 0 bridgehead atoms. The average Bonchev–Trinajstić information content (AvgIpc) is 2.90. The van der Waals surface area contributed by atoms with E-state index in [2.05, 4.69) is 10.1 Å². The number of hydrazone groups is 1. The summed E-state index contributed by atoms with van der Waals surface area (Å²) in [5.41, 5.74) is 1.52. The number of aromatic nitrogens is 1. The van der Waals surface area contributed by atoms with Crippen LogP contribution in [0.1, 0.15) is 12.5 Å². The second-order valence-corrected chi connectivity index (χ2v) is 5.60. The molecule has 110 valence electrons. The van der Waals surface area contributed by atoms with Crippen LogP contribution >= 0.6 is 11.3 Å². The first-order valence-electron chi connectivity index (χ1n) is 6.59. The van der Waals surface area contributed by atoms with Gasteiger partial charge >= 0.3 is 0 Å². The van der Waals surface area contributed by atoms with Crippen molar-refractivity contribution in [3.63, 3.8) is 0 Å². The normalized spacial score (nSPS) is 11.2. The van der Waals surface area contributed by atoms with Crippen molar-refractivity contribution >= 4 is 38.8 Å². The van der Waals surface area contributed by atoms with E-state index in [9.17, 15) is 9.18 Å². The van der Waals surface area contributed by atoms with Gasteiger partial charge < -0.3 is 0 Å². The number of rotatable bonds is 3. The quantitative estimate of drug-likeness (QED) is 0.545. The third kappa shape index (κ3) is 3.01. The van der Waals surface area contributed by atoms with Crippen molar-refractivity contribution in [1.82, 2.24) is 4.98 Å². The van der Waals surface area contributed by atoms with Crippen LogP contribution in [0.25, 0.3) is 10.2 Å². The number of anilines is 1. The minimum absolute atomic E-state index is 0.258. The predicted octanol–water partition coefficient (Wildman–Crippen LogP) is 3.82. The molecule has 4 nitrogen and oxygen atoms in total. The molecule has 1 amide bonds. The van der Waals surface area contributed by atoms with Crippen LogP contribution in [-0.4, -0.2) is 17.1 Å². The van der Waals surface area contributed by atoms with Gasteiger partial charge in [0.2, 0.25) is 11.0 Å². The Balaban J connectivity index is 1.96. The number of nitrogens with zero attached hydrogens (tertiary/aromatic N) is 3. The highest BCUT2D eigenvalue weighted by Crippen LogP contribution is 2.29. The van der Waals surface area contributed by atoms with E-state index >= 15 is 0 Å². The first-order valence-corrected chi connectivity index (χ1v) is 7.41. The van der Waals surface area contributed by atoms with E-state index in [0.717, 1.165) is 5.56 Å². The van der Waals surface area contributed by atoms with Gasteiger partial charge in [0.15, 0.2) is 0 Å². The molecular weight excluding hydrogens is 301 g/mol. The van der Waals surface area contributed by atoms with Gasteiger partial charge in [0.05, 0.1) is 16.4 Å². The Labute approximate surface area is 130 Å². The van der Waals surface area contributed by atoms with Crippen LogP contribution in [0.5, 0.6) is 0 Å². The molecule has 6 heteroatoms. The number of carbonyl (C=O) groups is 1. The fourth-order valence-corrected chi connectivity index (χ4v) is 2.90. The molecule has 3 aromatic rings. The van der Waals surface area contributed by atoms with Crippen molar-refractivity contribution in [2.45, 2.75) is 6.92 Å². The van der Waals surface area contributed by atoms with Crippen molar-refractivity contribution < 1.29 is 9.18 Å². The summed E-state index contributed by atoms with van der Waals surface area (Å²) >= 11 is 1.22. The highest BCUT2D eigenvalue weighted by atomic mass is 32.1. The molecule has 0 aliphatic rings. The highest BCUT2D eigenvalue weighted by Gasteiger charge is 2.15. The summed E-state index contributed by atoms with van der Waals surface area (Å²) in [6, 6.07) is 13.8. The van der Waals surface area contributed by atoms with Crippen LogP contribution < -0.4 is 5.01 Å². The van der Waals surface area contributed by atoms with Crippen LogP contribution in [0.15, 0.2) is 53.6 Å². The summed E-state index contributed by atoms with van der Waals surface area (Å²) < 4.78 is 13.9. The fraction of sp³-hybridized carbons (Fsp3) is 0.0625. The standard InChI is InChI=1S/C16H12FN3OS/c1-11(21)20(18-10-12-5-3-2-4-6-12)16-19-14-8-7-13(17)9-15(14)22-16/h2-10H,1H3. The number of benzene rings is 2. The van der Waals surface area contributed by atoms with E-state index in [1.807, 2.05) is 30.3 Å². The third-order valence-corrected chi connectivity index (χ3v) is 3.93. The number of hydrogen-bond donors (Lipinski definition) is 0. The lowest BCUT2D eigenvalue weighted by atomic mass is 10.2. The SMILES string of the molecule is CC(=O)N(N=Cc1ccccc1)c1nc2ccc(F)cc2s1. The second kappa shape index (κ2) is 6.03. The number of thiazole rings is 1. The summed E-state index contributed by atoms with van der Waals surface area (Å²) in [6.07, 6.45) is 1.59. The number of carbonyl (C=O) groups excluding carboxylic acids is 1. The topological polar surface area (TPSA) is 45.6 Å². The molecule has 0 atom stereocenters. The molecule has 3 rings (SSSR count). The molecule has 0 aliphatic carbocycles. The summed E-state index contributed by atoms with van der Waals surface area (Å²) in [6.45, 7) is 1.41. The number of halogens is 1. The Bertz CT molecular complexity index is 845. The zero-order valence-corrected chi connectivity index (χ0v) is 12.5. The van der Waals surface area contributed by atoms with Crippen molar-refractivity contribution in [2.24, 2.45) is 5.10 Å². The van der Waals surface area contributed by atoms with Gasteiger partial charge in [-0.2, -0.15) is 10.1 Å². The molecular formula is C16H12FN3OS. The summed E-state index contributed by atoms with van der Waals surface area (Å²) in [4.78, 5) is 16.1. The van der Waals surface area contributed by atoms with Crippen LogP contribution in [-0.2, 0) is 4.79 Å². The Kier molecular flexibility index (Phi) is 3.93. The molecule has 1 heterocycles. The Morgan fingerprint density at radius 2 is 2.05 bits per heavy atom. The Hall–Kier alpha value is -2.60. The lowest BCUT2D eigenvalue weighted by Crippen LogP contribution is -2.22. The van der Waals surface area contributed by atoms with E-state index in [1.54, 1.807) is 12.3 Å². The van der Waals surface area contributed by atoms with E-state index in [4.69, 9.17) is 0 Å². The highest BCUT2D eigenvalue weighted by molar-refractivity contribution is 7.22. The molecule has 0 fully saturated rings. The zero-order chi connectivity index (χ0) is 15.5. The Morgan fingerprint density at radius 1 is 1.27 bits per heavy atom. The monoisotopic (exact) mass is 313 g/mol. The first kappa shape index (κ1) is 14.3. The van der Waals surface area contributed by atoms with Gasteiger partial charge in [0, 0.05) is 6.92 Å². The molecule has 1 aromatic heterocycles. The van der Waals surface area contributed by atoms with Crippen molar-refractivity contribution in [3.05, 3.63) is 59.9 Å². The Morgan fingerprint density at radius 3 is 2.77 bits per heavy atom. The van der Waals surface area contributed by atoms with Crippen LogP contribution in [0, 0.1) is 5.82 Å².